The second kappa shape index (κ2) is 8.06. The third-order valence-corrected chi connectivity index (χ3v) is 7.08. The molecule has 2 N–H and O–H groups in total. The number of hydrogen-bond donors (Lipinski definition) is 2. The highest BCUT2D eigenvalue weighted by Crippen LogP contribution is 2.34. The number of ether oxygens (including phenoxy) is 1. The number of carbonyl (C=O) groups is 2. The van der Waals surface area contributed by atoms with E-state index in [1.54, 1.807) is 25.3 Å². The number of fused-ring (bicyclic) bond motifs is 4. The molecule has 6 rings (SSSR count). The molecule has 9 nitrogen and oxygen atoms in total. The van der Waals surface area contributed by atoms with Crippen LogP contribution < -0.4 is 15.8 Å². The lowest BCUT2D eigenvalue weighted by molar-refractivity contribution is -0.117. The van der Waals surface area contributed by atoms with Gasteiger partial charge in [-0.25, -0.2) is 4.98 Å². The van der Waals surface area contributed by atoms with Crippen molar-refractivity contribution in [2.45, 2.75) is 38.6 Å². The van der Waals surface area contributed by atoms with E-state index in [0.29, 0.717) is 41.2 Å². The zero-order valence-electron chi connectivity index (χ0n) is 19.5. The summed E-state index contributed by atoms with van der Waals surface area (Å²) in [6, 6.07) is 10.2. The van der Waals surface area contributed by atoms with E-state index < -0.39 is 6.04 Å². The fourth-order valence-electron chi connectivity index (χ4n) is 5.19. The Hall–Kier alpha value is -3.98. The Balaban J connectivity index is 1.51. The lowest BCUT2D eigenvalue weighted by atomic mass is 9.99. The lowest BCUT2D eigenvalue weighted by Gasteiger charge is -2.34. The molecule has 35 heavy (non-hydrogen) atoms. The predicted octanol–water partition coefficient (Wildman–Crippen LogP) is 3.37. The number of nitrogens with zero attached hydrogens (tertiary/aromatic N) is 3. The lowest BCUT2D eigenvalue weighted by Crippen LogP contribution is -2.49. The number of anilines is 2. The summed E-state index contributed by atoms with van der Waals surface area (Å²) in [6.45, 7) is 4.91. The average molecular weight is 472 g/mol. The van der Waals surface area contributed by atoms with Gasteiger partial charge in [0.1, 0.15) is 17.4 Å². The first-order chi connectivity index (χ1) is 16.9. The van der Waals surface area contributed by atoms with E-state index in [1.165, 1.54) is 4.90 Å². The molecule has 4 heterocycles. The van der Waals surface area contributed by atoms with Gasteiger partial charge in [-0.05, 0) is 56.5 Å². The van der Waals surface area contributed by atoms with Crippen LogP contribution in [-0.2, 0) is 9.53 Å². The van der Waals surface area contributed by atoms with Crippen LogP contribution in [-0.4, -0.2) is 45.4 Å². The SMILES string of the molecule is Cc1cc2c(cc1C(=O)N1c3ccccc3NC(=O)C1C)[nH]c(=O)c1cnc(C3CCOCC3)n12. The first-order valence-electron chi connectivity index (χ1n) is 11.8. The molecule has 9 heteroatoms. The Bertz CT molecular complexity index is 1560. The van der Waals surface area contributed by atoms with Gasteiger partial charge in [-0.15, -0.1) is 0 Å². The van der Waals surface area contributed by atoms with Crippen molar-refractivity contribution in [2.75, 3.05) is 23.4 Å². The van der Waals surface area contributed by atoms with Gasteiger partial charge in [0, 0.05) is 24.7 Å². The summed E-state index contributed by atoms with van der Waals surface area (Å²) in [7, 11) is 0. The average Bonchev–Trinajstić information content (AvgIpc) is 3.32. The summed E-state index contributed by atoms with van der Waals surface area (Å²) in [4.78, 5) is 48.4. The molecule has 0 spiro atoms. The second-order valence-electron chi connectivity index (χ2n) is 9.22. The number of amides is 2. The molecule has 1 fully saturated rings. The van der Waals surface area contributed by atoms with Gasteiger partial charge in [-0.3, -0.25) is 23.7 Å². The molecule has 2 aliphatic heterocycles. The number of hydrogen-bond acceptors (Lipinski definition) is 5. The van der Waals surface area contributed by atoms with Crippen molar-refractivity contribution in [3.63, 3.8) is 0 Å². The molecule has 2 amide bonds. The molecule has 1 atom stereocenters. The molecular weight excluding hydrogens is 446 g/mol. The Morgan fingerprint density at radius 3 is 2.69 bits per heavy atom. The predicted molar refractivity (Wildman–Crippen MR) is 132 cm³/mol. The van der Waals surface area contributed by atoms with E-state index >= 15 is 0 Å². The second-order valence-corrected chi connectivity index (χ2v) is 9.22. The molecule has 1 unspecified atom stereocenters. The van der Waals surface area contributed by atoms with Gasteiger partial charge >= 0.3 is 0 Å². The maximum Gasteiger partial charge on any atom is 0.274 e. The first-order valence-corrected chi connectivity index (χ1v) is 11.8. The van der Waals surface area contributed by atoms with E-state index in [9.17, 15) is 14.4 Å². The molecule has 0 bridgehead atoms. The topological polar surface area (TPSA) is 109 Å². The largest absolute Gasteiger partial charge is 0.381 e. The minimum atomic E-state index is -0.678. The summed E-state index contributed by atoms with van der Waals surface area (Å²) in [5.74, 6) is 0.496. The Morgan fingerprint density at radius 1 is 1.11 bits per heavy atom. The zero-order valence-corrected chi connectivity index (χ0v) is 19.5. The number of aromatic nitrogens is 3. The van der Waals surface area contributed by atoms with Gasteiger partial charge < -0.3 is 15.0 Å². The summed E-state index contributed by atoms with van der Waals surface area (Å²) >= 11 is 0. The van der Waals surface area contributed by atoms with Gasteiger partial charge in [-0.2, -0.15) is 0 Å². The zero-order chi connectivity index (χ0) is 24.3. The molecule has 178 valence electrons. The van der Waals surface area contributed by atoms with Crippen LogP contribution in [0.1, 0.15) is 47.4 Å². The van der Waals surface area contributed by atoms with Crippen molar-refractivity contribution in [1.29, 1.82) is 0 Å². The van der Waals surface area contributed by atoms with Crippen molar-refractivity contribution in [1.82, 2.24) is 14.4 Å². The molecule has 0 saturated carbocycles. The number of aromatic amines is 1. The standard InChI is InChI=1S/C26H25N5O4/c1-14-11-21-19(29-25(33)22-13-27-23(31(21)22)16-7-9-35-10-8-16)12-17(14)26(34)30-15(2)24(32)28-18-5-3-4-6-20(18)30/h3-6,11-13,15-16H,7-10H2,1-2H3,(H,28,32)(H,29,33). The van der Waals surface area contributed by atoms with Crippen LogP contribution in [0.15, 0.2) is 47.4 Å². The van der Waals surface area contributed by atoms with Crippen LogP contribution in [0.3, 0.4) is 0 Å². The molecule has 4 aromatic rings. The number of H-pyrrole nitrogens is 1. The summed E-state index contributed by atoms with van der Waals surface area (Å²) < 4.78 is 7.42. The number of imidazole rings is 1. The van der Waals surface area contributed by atoms with Crippen LogP contribution in [0.4, 0.5) is 11.4 Å². The fourth-order valence-corrected chi connectivity index (χ4v) is 5.19. The van der Waals surface area contributed by atoms with Gasteiger partial charge in [0.05, 0.1) is 28.6 Å². The molecule has 1 saturated heterocycles. The van der Waals surface area contributed by atoms with Crippen molar-refractivity contribution < 1.29 is 14.3 Å². The van der Waals surface area contributed by atoms with Gasteiger partial charge in [0.2, 0.25) is 5.91 Å². The van der Waals surface area contributed by atoms with E-state index in [2.05, 4.69) is 15.3 Å². The van der Waals surface area contributed by atoms with Gasteiger partial charge in [0.15, 0.2) is 0 Å². The first kappa shape index (κ1) is 21.5. The van der Waals surface area contributed by atoms with Crippen molar-refractivity contribution >= 4 is 39.7 Å². The van der Waals surface area contributed by atoms with Crippen LogP contribution in [0.2, 0.25) is 0 Å². The van der Waals surface area contributed by atoms with Crippen LogP contribution in [0.5, 0.6) is 0 Å². The highest BCUT2D eigenvalue weighted by Gasteiger charge is 2.35. The summed E-state index contributed by atoms with van der Waals surface area (Å²) in [5.41, 5.74) is 3.97. The highest BCUT2D eigenvalue weighted by molar-refractivity contribution is 6.17. The maximum atomic E-state index is 13.8. The monoisotopic (exact) mass is 471 g/mol. The van der Waals surface area contributed by atoms with E-state index in [4.69, 9.17) is 4.74 Å². The minimum Gasteiger partial charge on any atom is -0.381 e. The normalized spacial score (nSPS) is 18.6. The molecule has 2 aromatic carbocycles. The third-order valence-electron chi connectivity index (χ3n) is 7.08. The molecular formula is C26H25N5O4. The fraction of sp³-hybridized carbons (Fsp3) is 0.308. The molecule has 0 aliphatic carbocycles. The molecule has 2 aromatic heterocycles. The van der Waals surface area contributed by atoms with Crippen molar-refractivity contribution in [3.05, 3.63) is 69.9 Å². The smallest absolute Gasteiger partial charge is 0.274 e. The van der Waals surface area contributed by atoms with Gasteiger partial charge in [0.25, 0.3) is 11.5 Å². The summed E-state index contributed by atoms with van der Waals surface area (Å²) in [5, 5.41) is 2.85. The highest BCUT2D eigenvalue weighted by atomic mass is 16.5. The summed E-state index contributed by atoms with van der Waals surface area (Å²) in [6.07, 6.45) is 3.30. The third kappa shape index (κ3) is 3.34. The molecule has 2 aliphatic rings. The van der Waals surface area contributed by atoms with Gasteiger partial charge in [-0.1, -0.05) is 12.1 Å². The number of carbonyl (C=O) groups excluding carboxylic acids is 2. The maximum absolute atomic E-state index is 13.8. The Kier molecular flexibility index (Phi) is 4.96. The Morgan fingerprint density at radius 2 is 1.89 bits per heavy atom. The minimum absolute atomic E-state index is 0.196. The molecule has 0 radical (unpaired) electrons. The van der Waals surface area contributed by atoms with Crippen LogP contribution in [0, 0.1) is 6.92 Å². The number of rotatable bonds is 2. The number of para-hydroxylation sites is 2. The quantitative estimate of drug-likeness (QED) is 0.466. The van der Waals surface area contributed by atoms with E-state index in [0.717, 1.165) is 29.7 Å². The van der Waals surface area contributed by atoms with Crippen molar-refractivity contribution in [2.24, 2.45) is 0 Å². The Labute approximate surface area is 200 Å². The van der Waals surface area contributed by atoms with Crippen LogP contribution >= 0.6 is 0 Å². The number of benzene rings is 2. The van der Waals surface area contributed by atoms with E-state index in [1.807, 2.05) is 35.6 Å². The number of aryl methyl sites for hydroxylation is 1. The van der Waals surface area contributed by atoms with Crippen LogP contribution in [0.25, 0.3) is 16.6 Å². The van der Waals surface area contributed by atoms with Crippen molar-refractivity contribution in [3.8, 4) is 0 Å². The number of nitrogens with one attached hydrogen (secondary N) is 2. The van der Waals surface area contributed by atoms with E-state index in [-0.39, 0.29) is 23.3 Å².